The number of oxazole rings is 1. The number of aromatic nitrogens is 1. The van der Waals surface area contributed by atoms with E-state index in [9.17, 15) is 4.79 Å². The van der Waals surface area contributed by atoms with Crippen LogP contribution in [0.1, 0.15) is 25.3 Å². The van der Waals surface area contributed by atoms with Crippen molar-refractivity contribution in [2.75, 3.05) is 6.61 Å². The van der Waals surface area contributed by atoms with Crippen molar-refractivity contribution in [1.29, 1.82) is 0 Å². The maximum atomic E-state index is 11.6. The van der Waals surface area contributed by atoms with Gasteiger partial charge in [-0.2, -0.15) is 0 Å². The lowest BCUT2D eigenvalue weighted by molar-refractivity contribution is -0.144. The Bertz CT molecular complexity index is 948. The maximum absolute atomic E-state index is 11.6. The molecule has 23 heavy (non-hydrogen) atoms. The fourth-order valence-electron chi connectivity index (χ4n) is 2.29. The zero-order chi connectivity index (χ0) is 16.4. The van der Waals surface area contributed by atoms with Gasteiger partial charge in [0.1, 0.15) is 5.52 Å². The molecular weight excluding hydrogens is 314 g/mol. The Labute approximate surface area is 138 Å². The minimum absolute atomic E-state index is 0.217. The van der Waals surface area contributed by atoms with Crippen molar-refractivity contribution in [2.24, 2.45) is 0 Å². The highest BCUT2D eigenvalue weighted by molar-refractivity contribution is 6.31. The van der Waals surface area contributed by atoms with Gasteiger partial charge in [-0.3, -0.25) is 4.79 Å². The third-order valence-electron chi connectivity index (χ3n) is 3.77. The maximum Gasteiger partial charge on any atom is 0.313 e. The van der Waals surface area contributed by atoms with E-state index in [4.69, 9.17) is 20.8 Å². The summed E-state index contributed by atoms with van der Waals surface area (Å²) in [6.07, 6.45) is 1.39. The fourth-order valence-corrected chi connectivity index (χ4v) is 2.58. The van der Waals surface area contributed by atoms with Gasteiger partial charge in [-0.25, -0.2) is 4.98 Å². The van der Waals surface area contributed by atoms with Crippen LogP contribution in [0.15, 0.2) is 47.2 Å². The van der Waals surface area contributed by atoms with Crippen molar-refractivity contribution in [3.63, 3.8) is 0 Å². The van der Waals surface area contributed by atoms with Crippen LogP contribution in [0.3, 0.4) is 0 Å². The molecule has 0 saturated carbocycles. The third kappa shape index (κ3) is 3.08. The summed E-state index contributed by atoms with van der Waals surface area (Å²) in [7, 11) is 0. The van der Waals surface area contributed by atoms with Crippen LogP contribution in [0.2, 0.25) is 5.02 Å². The minimum atomic E-state index is -0.277. The summed E-state index contributed by atoms with van der Waals surface area (Å²) in [6.45, 7) is 4.01. The molecule has 2 aliphatic rings. The summed E-state index contributed by atoms with van der Waals surface area (Å²) >= 11 is 5.60. The predicted octanol–water partition coefficient (Wildman–Crippen LogP) is 4.43. The van der Waals surface area contributed by atoms with Gasteiger partial charge in [0.2, 0.25) is 0 Å². The van der Waals surface area contributed by atoms with Gasteiger partial charge in [0.05, 0.1) is 12.5 Å². The first-order chi connectivity index (χ1) is 11.1. The molecule has 5 heteroatoms. The molecule has 2 aromatic rings. The Kier molecular flexibility index (Phi) is 4.35. The number of hydrogen-bond acceptors (Lipinski definition) is 4. The Morgan fingerprint density at radius 3 is 2.65 bits per heavy atom. The largest absolute Gasteiger partial charge is 0.466 e. The van der Waals surface area contributed by atoms with Gasteiger partial charge in [-0.05, 0) is 42.8 Å². The lowest BCUT2D eigenvalue weighted by atomic mass is 10.0. The Balaban J connectivity index is 0.000000183. The highest BCUT2D eigenvalue weighted by Crippen LogP contribution is 2.22. The summed E-state index contributed by atoms with van der Waals surface area (Å²) < 4.78 is 10.1. The average molecular weight is 330 g/mol. The number of hydrogen-bond donors (Lipinski definition) is 0. The second kappa shape index (κ2) is 6.42. The molecule has 1 aromatic carbocycles. The molecule has 2 aliphatic carbocycles. The number of halogens is 1. The van der Waals surface area contributed by atoms with Gasteiger partial charge < -0.3 is 9.15 Å². The molecule has 4 nitrogen and oxygen atoms in total. The number of rotatable bonds is 3. The number of carbonyl (C=O) groups excluding carboxylic acids is 1. The van der Waals surface area contributed by atoms with Gasteiger partial charge in [0, 0.05) is 10.2 Å². The number of benzene rings is 2. The average Bonchev–Trinajstić information content (AvgIpc) is 2.99. The molecular formula is C18H16ClNO3. The smallest absolute Gasteiger partial charge is 0.313 e. The van der Waals surface area contributed by atoms with E-state index in [2.05, 4.69) is 11.1 Å². The molecule has 0 amide bonds. The summed E-state index contributed by atoms with van der Waals surface area (Å²) in [4.78, 5) is 15.6. The summed E-state index contributed by atoms with van der Waals surface area (Å²) in [5, 5.41) is 3.46. The SMILES string of the molecule is CCOC(=O)C(C)c1ccc2ocnc2c1.Clc1cc2ccc1=2. The first-order valence-corrected chi connectivity index (χ1v) is 7.77. The van der Waals surface area contributed by atoms with E-state index in [-0.39, 0.29) is 11.9 Å². The van der Waals surface area contributed by atoms with Crippen LogP contribution in [0.4, 0.5) is 0 Å². The quantitative estimate of drug-likeness (QED) is 0.522. The molecule has 4 rings (SSSR count). The molecule has 1 heterocycles. The zero-order valence-corrected chi connectivity index (χ0v) is 13.6. The van der Waals surface area contributed by atoms with Crippen molar-refractivity contribution in [3.8, 4) is 0 Å². The number of nitrogens with zero attached hydrogens (tertiary/aromatic N) is 1. The lowest BCUT2D eigenvalue weighted by Crippen LogP contribution is -2.12. The van der Waals surface area contributed by atoms with E-state index >= 15 is 0 Å². The number of carbonyl (C=O) groups is 1. The third-order valence-corrected chi connectivity index (χ3v) is 4.09. The topological polar surface area (TPSA) is 52.3 Å². The second-order valence-corrected chi connectivity index (χ2v) is 5.66. The molecule has 0 saturated heterocycles. The predicted molar refractivity (Wildman–Crippen MR) is 88.2 cm³/mol. The molecule has 0 radical (unpaired) electrons. The molecule has 1 unspecified atom stereocenters. The zero-order valence-electron chi connectivity index (χ0n) is 12.9. The number of fused-ring (bicyclic) bond motifs is 1. The van der Waals surface area contributed by atoms with Crippen molar-refractivity contribution in [2.45, 2.75) is 19.8 Å². The normalized spacial score (nSPS) is 12.3. The molecule has 118 valence electrons. The lowest BCUT2D eigenvalue weighted by Gasteiger charge is -2.10. The second-order valence-electron chi connectivity index (χ2n) is 5.25. The molecule has 0 aliphatic heterocycles. The van der Waals surface area contributed by atoms with E-state index in [1.54, 1.807) is 6.92 Å². The van der Waals surface area contributed by atoms with Crippen LogP contribution in [-0.4, -0.2) is 17.6 Å². The van der Waals surface area contributed by atoms with E-state index in [1.807, 2.05) is 37.3 Å². The van der Waals surface area contributed by atoms with Crippen molar-refractivity contribution in [1.82, 2.24) is 4.98 Å². The van der Waals surface area contributed by atoms with Crippen molar-refractivity contribution < 1.29 is 13.9 Å². The number of esters is 1. The van der Waals surface area contributed by atoms with Gasteiger partial charge >= 0.3 is 5.97 Å². The minimum Gasteiger partial charge on any atom is -0.466 e. The van der Waals surface area contributed by atoms with E-state index < -0.39 is 0 Å². The van der Waals surface area contributed by atoms with Crippen LogP contribution >= 0.6 is 11.6 Å². The number of ether oxygens (including phenoxy) is 1. The Morgan fingerprint density at radius 2 is 2.13 bits per heavy atom. The van der Waals surface area contributed by atoms with Crippen LogP contribution in [0, 0.1) is 10.4 Å². The molecule has 0 spiro atoms. The highest BCUT2D eigenvalue weighted by Gasteiger charge is 2.17. The van der Waals surface area contributed by atoms with Crippen molar-refractivity contribution in [3.05, 3.63) is 63.8 Å². The Morgan fingerprint density at radius 1 is 1.30 bits per heavy atom. The Hall–Kier alpha value is -2.33. The van der Waals surface area contributed by atoms with Gasteiger partial charge in [-0.15, -0.1) is 0 Å². The first kappa shape index (κ1) is 15.6. The van der Waals surface area contributed by atoms with Crippen LogP contribution in [0.25, 0.3) is 11.1 Å². The summed E-state index contributed by atoms with van der Waals surface area (Å²) in [6, 6.07) is 11.6. The van der Waals surface area contributed by atoms with Gasteiger partial charge in [0.25, 0.3) is 0 Å². The first-order valence-electron chi connectivity index (χ1n) is 7.40. The van der Waals surface area contributed by atoms with E-state index in [0.717, 1.165) is 21.7 Å². The van der Waals surface area contributed by atoms with Crippen molar-refractivity contribution >= 4 is 28.7 Å². The monoisotopic (exact) mass is 329 g/mol. The summed E-state index contributed by atoms with van der Waals surface area (Å²) in [5.74, 6) is -0.494. The molecule has 0 N–H and O–H groups in total. The molecule has 0 bridgehead atoms. The van der Waals surface area contributed by atoms with Crippen LogP contribution in [-0.2, 0) is 9.53 Å². The molecule has 1 aromatic heterocycles. The van der Waals surface area contributed by atoms with Gasteiger partial charge in [0.15, 0.2) is 12.0 Å². The standard InChI is InChI=1S/C12H13NO3.C6H3Cl/c1-3-15-12(14)8(2)9-4-5-11-10(6-9)13-7-16-11;7-6-3-4-1-2-5(4)6/h4-8H,3H2,1-2H3;1-3H. The molecule has 1 atom stereocenters. The summed E-state index contributed by atoms with van der Waals surface area (Å²) in [5.41, 5.74) is 2.37. The van der Waals surface area contributed by atoms with Gasteiger partial charge in [-0.1, -0.05) is 29.8 Å². The van der Waals surface area contributed by atoms with E-state index in [1.165, 1.54) is 16.8 Å². The van der Waals surface area contributed by atoms with Crippen LogP contribution < -0.4 is 0 Å². The van der Waals surface area contributed by atoms with Crippen LogP contribution in [0.5, 0.6) is 0 Å². The fraction of sp³-hybridized carbons (Fsp3) is 0.222. The molecule has 0 fully saturated rings. The van der Waals surface area contributed by atoms with E-state index in [0.29, 0.717) is 6.61 Å². The highest BCUT2D eigenvalue weighted by atomic mass is 35.5.